The summed E-state index contributed by atoms with van der Waals surface area (Å²) in [5, 5.41) is 9.09. The molecule has 2 heterocycles. The summed E-state index contributed by atoms with van der Waals surface area (Å²) < 4.78 is 0. The number of hydrogen-bond acceptors (Lipinski definition) is 4. The Hall–Kier alpha value is -2.62. The number of benzene rings is 1. The molecule has 1 saturated heterocycles. The summed E-state index contributed by atoms with van der Waals surface area (Å²) in [5.41, 5.74) is 0.573. The van der Waals surface area contributed by atoms with Crippen LogP contribution >= 0.6 is 23.2 Å². The van der Waals surface area contributed by atoms with Gasteiger partial charge in [-0.2, -0.15) is 5.26 Å². The van der Waals surface area contributed by atoms with Crippen molar-refractivity contribution in [3.05, 3.63) is 57.8 Å². The monoisotopic (exact) mass is 388 g/mol. The van der Waals surface area contributed by atoms with E-state index in [9.17, 15) is 9.59 Å². The Kier molecular flexibility index (Phi) is 4.61. The largest absolute Gasteiger partial charge is 0.332 e. The maximum atomic E-state index is 13.1. The van der Waals surface area contributed by atoms with Crippen molar-refractivity contribution in [2.24, 2.45) is 0 Å². The topological polar surface area (TPSA) is 77.3 Å². The molecule has 1 atom stereocenters. The molecule has 0 spiro atoms. The van der Waals surface area contributed by atoms with Gasteiger partial charge in [0.2, 0.25) is 0 Å². The molecule has 26 heavy (non-hydrogen) atoms. The minimum Gasteiger partial charge on any atom is -0.312 e. The Bertz CT molecular complexity index is 919. The van der Waals surface area contributed by atoms with Crippen LogP contribution in [-0.4, -0.2) is 34.4 Å². The first-order valence-corrected chi connectivity index (χ1v) is 8.46. The molecule has 8 heteroatoms. The summed E-state index contributed by atoms with van der Waals surface area (Å²) >= 11 is 11.8. The molecule has 3 amide bonds. The Balaban J connectivity index is 1.96. The smallest absolute Gasteiger partial charge is 0.312 e. The van der Waals surface area contributed by atoms with Gasteiger partial charge < -0.3 is 4.90 Å². The lowest BCUT2D eigenvalue weighted by atomic mass is 9.91. The molecule has 1 aliphatic rings. The highest BCUT2D eigenvalue weighted by Crippen LogP contribution is 2.35. The molecule has 3 rings (SSSR count). The van der Waals surface area contributed by atoms with E-state index in [1.165, 1.54) is 17.0 Å². The van der Waals surface area contributed by atoms with Crippen molar-refractivity contribution in [3.8, 4) is 6.07 Å². The standard InChI is InChI=1S/C18H14Cl2N4O2/c1-18(9-11-3-5-12(10-21)6-4-11)16(25)24(17(26)23(18)2)13-7-14(19)22-15(20)8-13/h3-8H,9H2,1-2H3/t18-/m1/s1. The highest BCUT2D eigenvalue weighted by Gasteiger charge is 2.53. The second-order valence-electron chi connectivity index (χ2n) is 6.21. The van der Waals surface area contributed by atoms with Gasteiger partial charge in [-0.05, 0) is 36.8 Å². The molecule has 0 aliphatic carbocycles. The van der Waals surface area contributed by atoms with Crippen molar-refractivity contribution in [2.75, 3.05) is 11.9 Å². The van der Waals surface area contributed by atoms with Crippen molar-refractivity contribution in [1.29, 1.82) is 5.26 Å². The Labute approximate surface area is 160 Å². The van der Waals surface area contributed by atoms with E-state index in [1.807, 2.05) is 0 Å². The number of likely N-dealkylation sites (N-methyl/N-ethyl adjacent to an activating group) is 1. The number of imide groups is 1. The lowest BCUT2D eigenvalue weighted by Crippen LogP contribution is -2.47. The molecule has 0 bridgehead atoms. The van der Waals surface area contributed by atoms with Crippen molar-refractivity contribution in [3.63, 3.8) is 0 Å². The Morgan fingerprint density at radius 1 is 1.15 bits per heavy atom. The number of carbonyl (C=O) groups excluding carboxylic acids is 2. The highest BCUT2D eigenvalue weighted by molar-refractivity contribution is 6.33. The van der Waals surface area contributed by atoms with E-state index in [4.69, 9.17) is 28.5 Å². The molecule has 6 nitrogen and oxygen atoms in total. The third-order valence-corrected chi connectivity index (χ3v) is 4.91. The van der Waals surface area contributed by atoms with Gasteiger partial charge in [-0.15, -0.1) is 0 Å². The molecule has 1 aromatic carbocycles. The predicted octanol–water partition coefficient (Wildman–Crippen LogP) is 3.66. The van der Waals surface area contributed by atoms with E-state index in [-0.39, 0.29) is 21.9 Å². The van der Waals surface area contributed by atoms with Crippen molar-refractivity contribution in [2.45, 2.75) is 18.9 Å². The molecule has 0 N–H and O–H groups in total. The van der Waals surface area contributed by atoms with Gasteiger partial charge in [0.25, 0.3) is 5.91 Å². The quantitative estimate of drug-likeness (QED) is 0.593. The fourth-order valence-corrected chi connectivity index (χ4v) is 3.38. The first-order chi connectivity index (χ1) is 12.3. The van der Waals surface area contributed by atoms with E-state index in [0.717, 1.165) is 10.5 Å². The zero-order valence-electron chi connectivity index (χ0n) is 14.0. The van der Waals surface area contributed by atoms with E-state index < -0.39 is 11.6 Å². The average Bonchev–Trinajstić information content (AvgIpc) is 2.75. The lowest BCUT2D eigenvalue weighted by Gasteiger charge is -2.28. The van der Waals surface area contributed by atoms with Crippen molar-refractivity contribution in [1.82, 2.24) is 9.88 Å². The van der Waals surface area contributed by atoms with Crippen LogP contribution in [0.1, 0.15) is 18.1 Å². The zero-order valence-corrected chi connectivity index (χ0v) is 15.5. The molecular formula is C18H14Cl2N4O2. The molecule has 1 aromatic heterocycles. The molecule has 1 aliphatic heterocycles. The van der Waals surface area contributed by atoms with Gasteiger partial charge in [0, 0.05) is 13.5 Å². The third kappa shape index (κ3) is 3.00. The fourth-order valence-electron chi connectivity index (χ4n) is 2.93. The van der Waals surface area contributed by atoms with Gasteiger partial charge in [-0.1, -0.05) is 35.3 Å². The maximum Gasteiger partial charge on any atom is 0.332 e. The second-order valence-corrected chi connectivity index (χ2v) is 6.99. The SMILES string of the molecule is CN1C(=O)N(c2cc(Cl)nc(Cl)c2)C(=O)[C@@]1(C)Cc1ccc(C#N)cc1. The van der Waals surface area contributed by atoms with Crippen LogP contribution in [0.2, 0.25) is 10.3 Å². The van der Waals surface area contributed by atoms with Crippen molar-refractivity contribution >= 4 is 40.8 Å². The van der Waals surface area contributed by atoms with Gasteiger partial charge in [-0.25, -0.2) is 14.7 Å². The fraction of sp³-hybridized carbons (Fsp3) is 0.222. The average molecular weight is 389 g/mol. The summed E-state index contributed by atoms with van der Waals surface area (Å²) in [5.74, 6) is -0.382. The zero-order chi connectivity index (χ0) is 19.1. The van der Waals surface area contributed by atoms with Gasteiger partial charge >= 0.3 is 6.03 Å². The Morgan fingerprint density at radius 2 is 1.73 bits per heavy atom. The number of nitriles is 1. The van der Waals surface area contributed by atoms with Crippen LogP contribution in [0.15, 0.2) is 36.4 Å². The molecule has 1 fully saturated rings. The van der Waals surface area contributed by atoms with Crippen LogP contribution in [0.25, 0.3) is 0 Å². The molecule has 0 radical (unpaired) electrons. The molecule has 0 saturated carbocycles. The van der Waals surface area contributed by atoms with Gasteiger partial charge in [0.1, 0.15) is 15.8 Å². The van der Waals surface area contributed by atoms with Crippen LogP contribution < -0.4 is 4.90 Å². The van der Waals surface area contributed by atoms with Gasteiger partial charge in [-0.3, -0.25) is 4.79 Å². The molecule has 0 unspecified atom stereocenters. The van der Waals surface area contributed by atoms with Gasteiger partial charge in [0.05, 0.1) is 17.3 Å². The molecule has 132 valence electrons. The maximum absolute atomic E-state index is 13.1. The summed E-state index contributed by atoms with van der Waals surface area (Å²) in [6, 6.07) is 11.3. The Morgan fingerprint density at radius 3 is 2.27 bits per heavy atom. The summed E-state index contributed by atoms with van der Waals surface area (Å²) in [7, 11) is 1.58. The third-order valence-electron chi connectivity index (χ3n) is 4.52. The van der Waals surface area contributed by atoms with E-state index in [1.54, 1.807) is 38.2 Å². The lowest BCUT2D eigenvalue weighted by molar-refractivity contribution is -0.123. The van der Waals surface area contributed by atoms with Crippen LogP contribution in [0.5, 0.6) is 0 Å². The number of nitrogens with zero attached hydrogens (tertiary/aromatic N) is 4. The van der Waals surface area contributed by atoms with E-state index in [2.05, 4.69) is 11.1 Å². The number of pyridine rings is 1. The predicted molar refractivity (Wildman–Crippen MR) is 98.2 cm³/mol. The second kappa shape index (κ2) is 6.60. The molecular weight excluding hydrogens is 375 g/mol. The number of anilines is 1. The summed E-state index contributed by atoms with van der Waals surface area (Å²) in [6.07, 6.45) is 0.308. The minimum atomic E-state index is -1.08. The van der Waals surface area contributed by atoms with Crippen LogP contribution in [-0.2, 0) is 11.2 Å². The number of aromatic nitrogens is 1. The number of halogens is 2. The van der Waals surface area contributed by atoms with Gasteiger partial charge in [0.15, 0.2) is 0 Å². The first kappa shape index (κ1) is 18.2. The first-order valence-electron chi connectivity index (χ1n) is 7.71. The van der Waals surface area contributed by atoms with Crippen LogP contribution in [0, 0.1) is 11.3 Å². The van der Waals surface area contributed by atoms with E-state index >= 15 is 0 Å². The highest BCUT2D eigenvalue weighted by atomic mass is 35.5. The number of carbonyl (C=O) groups is 2. The molecule has 2 aromatic rings. The number of urea groups is 1. The van der Waals surface area contributed by atoms with Crippen molar-refractivity contribution < 1.29 is 9.59 Å². The minimum absolute atomic E-state index is 0.0939. The number of rotatable bonds is 3. The summed E-state index contributed by atoms with van der Waals surface area (Å²) in [6.45, 7) is 1.70. The summed E-state index contributed by atoms with van der Waals surface area (Å²) in [4.78, 5) is 32.1. The van der Waals surface area contributed by atoms with Crippen LogP contribution in [0.4, 0.5) is 10.5 Å². The number of hydrogen-bond donors (Lipinski definition) is 0. The normalized spacial score (nSPS) is 19.8. The number of amides is 3. The van der Waals surface area contributed by atoms with Crippen LogP contribution in [0.3, 0.4) is 0 Å². The van der Waals surface area contributed by atoms with E-state index in [0.29, 0.717) is 12.0 Å².